The Labute approximate surface area is 146 Å². The summed E-state index contributed by atoms with van der Waals surface area (Å²) in [4.78, 5) is 35.9. The number of aliphatic carboxylic acids is 1. The summed E-state index contributed by atoms with van der Waals surface area (Å²) in [6.45, 7) is 2.30. The number of esters is 1. The molecule has 0 saturated heterocycles. The zero-order chi connectivity index (χ0) is 18.0. The van der Waals surface area contributed by atoms with Crippen LogP contribution in [0.25, 0.3) is 0 Å². The number of ether oxygens (including phenoxy) is 1. The van der Waals surface area contributed by atoms with Crippen molar-refractivity contribution in [3.05, 3.63) is 29.8 Å². The van der Waals surface area contributed by atoms with Crippen LogP contribution in [0.2, 0.25) is 0 Å². The Bertz CT molecular complexity index is 669. The van der Waals surface area contributed by atoms with Gasteiger partial charge in [-0.25, -0.2) is 4.79 Å². The number of carbonyl (C=O) groups excluding carboxylic acids is 2. The number of benzene rings is 1. The number of amides is 1. The molecule has 0 aliphatic heterocycles. The molecule has 2 aliphatic rings. The quantitative estimate of drug-likeness (QED) is 0.773. The number of anilines is 1. The molecule has 0 radical (unpaired) electrons. The zero-order valence-corrected chi connectivity index (χ0v) is 14.2. The second-order valence-electron chi connectivity index (χ2n) is 6.93. The van der Waals surface area contributed by atoms with Crippen LogP contribution in [0.15, 0.2) is 24.3 Å². The Kier molecular flexibility index (Phi) is 5.06. The SMILES string of the molecule is CCCOC(=O)c1ccc(NC(=O)[C@@H]2[C@H]3CC[C@@H](C3)[C@H]2C(=O)O)cc1. The van der Waals surface area contributed by atoms with Crippen molar-refractivity contribution in [2.75, 3.05) is 11.9 Å². The van der Waals surface area contributed by atoms with Gasteiger partial charge in [0.2, 0.25) is 5.91 Å². The molecular weight excluding hydrogens is 322 g/mol. The topological polar surface area (TPSA) is 92.7 Å². The van der Waals surface area contributed by atoms with Crippen molar-refractivity contribution in [2.24, 2.45) is 23.7 Å². The van der Waals surface area contributed by atoms with Gasteiger partial charge in [0.1, 0.15) is 0 Å². The van der Waals surface area contributed by atoms with Crippen molar-refractivity contribution in [3.8, 4) is 0 Å². The van der Waals surface area contributed by atoms with E-state index in [2.05, 4.69) is 5.32 Å². The van der Waals surface area contributed by atoms with E-state index >= 15 is 0 Å². The molecule has 1 amide bonds. The fourth-order valence-corrected chi connectivity index (χ4v) is 4.22. The third-order valence-corrected chi connectivity index (χ3v) is 5.33. The third kappa shape index (κ3) is 3.52. The first-order valence-electron chi connectivity index (χ1n) is 8.82. The van der Waals surface area contributed by atoms with Crippen molar-refractivity contribution in [3.63, 3.8) is 0 Å². The molecule has 2 bridgehead atoms. The molecule has 1 aromatic rings. The molecule has 0 heterocycles. The average Bonchev–Trinajstić information content (AvgIpc) is 3.21. The predicted octanol–water partition coefficient (Wildman–Crippen LogP) is 2.94. The van der Waals surface area contributed by atoms with Gasteiger partial charge >= 0.3 is 11.9 Å². The molecule has 2 N–H and O–H groups in total. The summed E-state index contributed by atoms with van der Waals surface area (Å²) in [5.41, 5.74) is 0.985. The van der Waals surface area contributed by atoms with Gasteiger partial charge < -0.3 is 15.2 Å². The molecule has 1 aromatic carbocycles. The van der Waals surface area contributed by atoms with Crippen LogP contribution >= 0.6 is 0 Å². The fourth-order valence-electron chi connectivity index (χ4n) is 4.22. The van der Waals surface area contributed by atoms with Gasteiger partial charge in [-0.15, -0.1) is 0 Å². The van der Waals surface area contributed by atoms with E-state index in [9.17, 15) is 19.5 Å². The number of carboxylic acids is 1. The van der Waals surface area contributed by atoms with Crippen molar-refractivity contribution in [1.29, 1.82) is 0 Å². The van der Waals surface area contributed by atoms with E-state index in [4.69, 9.17) is 4.74 Å². The number of carbonyl (C=O) groups is 3. The van der Waals surface area contributed by atoms with Crippen LogP contribution in [0.3, 0.4) is 0 Å². The van der Waals surface area contributed by atoms with E-state index in [1.54, 1.807) is 24.3 Å². The van der Waals surface area contributed by atoms with Crippen molar-refractivity contribution < 1.29 is 24.2 Å². The van der Waals surface area contributed by atoms with Crippen molar-refractivity contribution >= 4 is 23.5 Å². The van der Waals surface area contributed by atoms with Gasteiger partial charge in [0.05, 0.1) is 24.0 Å². The molecule has 0 spiro atoms. The minimum Gasteiger partial charge on any atom is -0.481 e. The Morgan fingerprint density at radius 1 is 1.12 bits per heavy atom. The molecule has 4 atom stereocenters. The molecular formula is C19H23NO5. The normalized spacial score (nSPS) is 27.1. The smallest absolute Gasteiger partial charge is 0.338 e. The summed E-state index contributed by atoms with van der Waals surface area (Å²) >= 11 is 0. The van der Waals surface area contributed by atoms with Crippen LogP contribution in [-0.2, 0) is 14.3 Å². The molecule has 2 fully saturated rings. The second-order valence-corrected chi connectivity index (χ2v) is 6.93. The summed E-state index contributed by atoms with van der Waals surface area (Å²) in [6.07, 6.45) is 3.42. The van der Waals surface area contributed by atoms with Gasteiger partial charge in [-0.1, -0.05) is 6.92 Å². The number of carboxylic acid groups (broad SMARTS) is 1. The minimum atomic E-state index is -0.874. The summed E-state index contributed by atoms with van der Waals surface area (Å²) < 4.78 is 5.06. The molecule has 6 nitrogen and oxygen atoms in total. The maximum Gasteiger partial charge on any atom is 0.338 e. The Morgan fingerprint density at radius 2 is 1.76 bits per heavy atom. The van der Waals surface area contributed by atoms with E-state index in [-0.39, 0.29) is 17.7 Å². The highest BCUT2D eigenvalue weighted by molar-refractivity contribution is 5.96. The fraction of sp³-hybridized carbons (Fsp3) is 0.526. The summed E-state index contributed by atoms with van der Waals surface area (Å²) in [5, 5.41) is 12.3. The van der Waals surface area contributed by atoms with Gasteiger partial charge in [0.15, 0.2) is 0 Å². The average molecular weight is 345 g/mol. The summed E-state index contributed by atoms with van der Waals surface area (Å²) in [6, 6.07) is 6.49. The maximum atomic E-state index is 12.6. The lowest BCUT2D eigenvalue weighted by Crippen LogP contribution is -2.37. The van der Waals surface area contributed by atoms with Crippen LogP contribution in [-0.4, -0.2) is 29.6 Å². The minimum absolute atomic E-state index is 0.119. The van der Waals surface area contributed by atoms with E-state index in [1.165, 1.54) is 0 Å². The largest absolute Gasteiger partial charge is 0.481 e. The van der Waals surface area contributed by atoms with E-state index in [0.717, 1.165) is 25.7 Å². The Morgan fingerprint density at radius 3 is 2.36 bits per heavy atom. The first-order chi connectivity index (χ1) is 12.0. The number of nitrogens with one attached hydrogen (secondary N) is 1. The summed E-state index contributed by atoms with van der Waals surface area (Å²) in [5.74, 6) is -2.27. The van der Waals surface area contributed by atoms with Crippen LogP contribution in [0.4, 0.5) is 5.69 Å². The third-order valence-electron chi connectivity index (χ3n) is 5.33. The Balaban J connectivity index is 1.65. The highest BCUT2D eigenvalue weighted by Gasteiger charge is 2.53. The zero-order valence-electron chi connectivity index (χ0n) is 14.2. The van der Waals surface area contributed by atoms with Crippen LogP contribution in [0.1, 0.15) is 43.0 Å². The lowest BCUT2D eigenvalue weighted by molar-refractivity contribution is -0.148. The predicted molar refractivity (Wildman–Crippen MR) is 91.1 cm³/mol. The van der Waals surface area contributed by atoms with Gasteiger partial charge in [0.25, 0.3) is 0 Å². The van der Waals surface area contributed by atoms with Crippen LogP contribution in [0, 0.1) is 23.7 Å². The highest BCUT2D eigenvalue weighted by atomic mass is 16.5. The molecule has 0 unspecified atom stereocenters. The number of hydrogen-bond donors (Lipinski definition) is 2. The van der Waals surface area contributed by atoms with E-state index in [0.29, 0.717) is 17.9 Å². The number of rotatable bonds is 6. The lowest BCUT2D eigenvalue weighted by atomic mass is 9.78. The first-order valence-corrected chi connectivity index (χ1v) is 8.82. The molecule has 2 saturated carbocycles. The van der Waals surface area contributed by atoms with Gasteiger partial charge in [-0.3, -0.25) is 9.59 Å². The highest BCUT2D eigenvalue weighted by Crippen LogP contribution is 2.52. The van der Waals surface area contributed by atoms with Crippen LogP contribution < -0.4 is 5.32 Å². The monoisotopic (exact) mass is 345 g/mol. The first kappa shape index (κ1) is 17.5. The van der Waals surface area contributed by atoms with Crippen molar-refractivity contribution in [1.82, 2.24) is 0 Å². The number of hydrogen-bond acceptors (Lipinski definition) is 4. The van der Waals surface area contributed by atoms with Gasteiger partial charge in [0, 0.05) is 5.69 Å². The standard InChI is InChI=1S/C19H23NO5/c1-2-9-25-19(24)11-5-7-14(8-6-11)20-17(21)15-12-3-4-13(10-12)16(15)18(22)23/h5-8,12-13,15-16H,2-4,9-10H2,1H3,(H,20,21)(H,22,23)/t12-,13-,15+,16+/m0/s1. The molecule has 25 heavy (non-hydrogen) atoms. The molecule has 2 aliphatic carbocycles. The molecule has 134 valence electrons. The molecule has 3 rings (SSSR count). The second kappa shape index (κ2) is 7.25. The van der Waals surface area contributed by atoms with Crippen LogP contribution in [0.5, 0.6) is 0 Å². The summed E-state index contributed by atoms with van der Waals surface area (Å²) in [7, 11) is 0. The Hall–Kier alpha value is -2.37. The molecule has 6 heteroatoms. The molecule has 0 aromatic heterocycles. The van der Waals surface area contributed by atoms with Gasteiger partial charge in [-0.05, 0) is 61.8 Å². The maximum absolute atomic E-state index is 12.6. The van der Waals surface area contributed by atoms with E-state index in [1.807, 2.05) is 6.92 Å². The lowest BCUT2D eigenvalue weighted by Gasteiger charge is -2.27. The van der Waals surface area contributed by atoms with Crippen molar-refractivity contribution in [2.45, 2.75) is 32.6 Å². The van der Waals surface area contributed by atoms with E-state index < -0.39 is 23.8 Å². The number of fused-ring (bicyclic) bond motifs is 2. The van der Waals surface area contributed by atoms with Gasteiger partial charge in [-0.2, -0.15) is 0 Å².